The van der Waals surface area contributed by atoms with Crippen LogP contribution in [-0.4, -0.2) is 16.1 Å². The zero-order valence-electron chi connectivity index (χ0n) is 14.4. The molecule has 1 aliphatic carbocycles. The minimum Gasteiger partial charge on any atom is -0.272 e. The van der Waals surface area contributed by atoms with Crippen LogP contribution in [0, 0.1) is 25.6 Å². The van der Waals surface area contributed by atoms with Crippen LogP contribution in [0.15, 0.2) is 23.3 Å². The van der Waals surface area contributed by atoms with Crippen molar-refractivity contribution in [2.24, 2.45) is 10.5 Å². The number of nitrogens with one attached hydrogen (secondary N) is 1. The number of nitro benzene ring substituents is 2. The highest BCUT2D eigenvalue weighted by Gasteiger charge is 2.29. The van der Waals surface area contributed by atoms with Gasteiger partial charge in [0.25, 0.3) is 5.69 Å². The Morgan fingerprint density at radius 3 is 2.52 bits per heavy atom. The van der Waals surface area contributed by atoms with Crippen LogP contribution in [0.5, 0.6) is 0 Å². The van der Waals surface area contributed by atoms with Crippen molar-refractivity contribution >= 4 is 23.3 Å². The van der Waals surface area contributed by atoms with Crippen LogP contribution in [0.25, 0.3) is 0 Å². The average Bonchev–Trinajstić information content (AvgIpc) is 2.60. The van der Waals surface area contributed by atoms with E-state index in [1.807, 2.05) is 6.21 Å². The third-order valence-corrected chi connectivity index (χ3v) is 4.79. The molecule has 1 N–H and O–H groups in total. The second-order valence-electron chi connectivity index (χ2n) is 6.61. The second-order valence-corrected chi connectivity index (χ2v) is 6.61. The van der Waals surface area contributed by atoms with Crippen molar-refractivity contribution in [2.45, 2.75) is 58.3 Å². The summed E-state index contributed by atoms with van der Waals surface area (Å²) < 4.78 is 0. The van der Waals surface area contributed by atoms with Gasteiger partial charge in [-0.3, -0.25) is 25.7 Å². The minimum atomic E-state index is -0.651. The quantitative estimate of drug-likeness (QED) is 0.402. The lowest BCUT2D eigenvalue weighted by molar-refractivity contribution is -0.393. The Morgan fingerprint density at radius 1 is 1.20 bits per heavy atom. The van der Waals surface area contributed by atoms with E-state index < -0.39 is 9.85 Å². The summed E-state index contributed by atoms with van der Waals surface area (Å²) in [7, 11) is 0. The van der Waals surface area contributed by atoms with Crippen molar-refractivity contribution in [2.75, 3.05) is 5.43 Å². The summed E-state index contributed by atoms with van der Waals surface area (Å²) >= 11 is 0. The zero-order valence-corrected chi connectivity index (χ0v) is 14.4. The highest BCUT2D eigenvalue weighted by Crippen LogP contribution is 2.39. The number of hydrogen-bond donors (Lipinski definition) is 1. The molecule has 0 radical (unpaired) electrons. The summed E-state index contributed by atoms with van der Waals surface area (Å²) in [5, 5.41) is 26.2. The predicted octanol–water partition coefficient (Wildman–Crippen LogP) is 5.04. The fourth-order valence-corrected chi connectivity index (χ4v) is 3.35. The zero-order chi connectivity index (χ0) is 18.3. The molecule has 1 aliphatic rings. The van der Waals surface area contributed by atoms with E-state index in [1.165, 1.54) is 31.4 Å². The Labute approximate surface area is 146 Å². The van der Waals surface area contributed by atoms with Crippen LogP contribution in [0.2, 0.25) is 0 Å². The molecule has 0 aliphatic heterocycles. The standard InChI is InChI=1S/C17H24N4O4/c1-2-3-9-17(10-5-4-6-11-17)13-18-19-15-8-7-14(20(22)23)12-16(15)21(24)25/h7-8,12-13,19H,2-6,9-11H2,1H3/b18-13+. The van der Waals surface area contributed by atoms with Crippen molar-refractivity contribution in [1.29, 1.82) is 0 Å². The smallest absolute Gasteiger partial charge is 0.272 e. The summed E-state index contributed by atoms with van der Waals surface area (Å²) in [6, 6.07) is 3.51. The first-order valence-electron chi connectivity index (χ1n) is 8.70. The van der Waals surface area contributed by atoms with Gasteiger partial charge in [-0.15, -0.1) is 0 Å². The highest BCUT2D eigenvalue weighted by molar-refractivity contribution is 5.70. The molecule has 8 heteroatoms. The van der Waals surface area contributed by atoms with Gasteiger partial charge in [0.1, 0.15) is 5.69 Å². The molecule has 2 rings (SSSR count). The normalized spacial score (nSPS) is 16.7. The van der Waals surface area contributed by atoms with Gasteiger partial charge in [-0.05, 0) is 25.3 Å². The van der Waals surface area contributed by atoms with Gasteiger partial charge in [-0.25, -0.2) is 0 Å². The van der Waals surface area contributed by atoms with Crippen LogP contribution >= 0.6 is 0 Å². The summed E-state index contributed by atoms with van der Waals surface area (Å²) in [6.45, 7) is 2.16. The van der Waals surface area contributed by atoms with E-state index in [4.69, 9.17) is 0 Å². The lowest BCUT2D eigenvalue weighted by Crippen LogP contribution is -2.26. The Balaban J connectivity index is 2.16. The summed E-state index contributed by atoms with van der Waals surface area (Å²) in [5.41, 5.74) is 2.27. The number of nitro groups is 2. The number of hydrazone groups is 1. The van der Waals surface area contributed by atoms with E-state index in [9.17, 15) is 20.2 Å². The van der Waals surface area contributed by atoms with Crippen molar-refractivity contribution in [3.8, 4) is 0 Å². The van der Waals surface area contributed by atoms with Crippen LogP contribution in [0.4, 0.5) is 17.1 Å². The topological polar surface area (TPSA) is 111 Å². The number of benzene rings is 1. The van der Waals surface area contributed by atoms with E-state index in [2.05, 4.69) is 17.5 Å². The first-order valence-corrected chi connectivity index (χ1v) is 8.70. The van der Waals surface area contributed by atoms with Crippen molar-refractivity contribution < 1.29 is 9.85 Å². The van der Waals surface area contributed by atoms with Crippen LogP contribution < -0.4 is 5.43 Å². The Morgan fingerprint density at radius 2 is 1.92 bits per heavy atom. The number of anilines is 1. The molecule has 1 aromatic carbocycles. The Kier molecular flexibility index (Phi) is 6.44. The molecular weight excluding hydrogens is 324 g/mol. The van der Waals surface area contributed by atoms with Gasteiger partial charge < -0.3 is 0 Å². The molecule has 0 aromatic heterocycles. The van der Waals surface area contributed by atoms with Crippen LogP contribution in [0.1, 0.15) is 58.3 Å². The summed E-state index contributed by atoms with van der Waals surface area (Å²) in [4.78, 5) is 20.6. The van der Waals surface area contributed by atoms with Crippen molar-refractivity contribution in [3.63, 3.8) is 0 Å². The first kappa shape index (κ1) is 18.8. The molecule has 0 atom stereocenters. The molecule has 0 unspecified atom stereocenters. The summed E-state index contributed by atoms with van der Waals surface area (Å²) in [6.07, 6.45) is 11.0. The maximum atomic E-state index is 11.2. The van der Waals surface area contributed by atoms with E-state index in [0.29, 0.717) is 0 Å². The van der Waals surface area contributed by atoms with Gasteiger partial charge in [-0.2, -0.15) is 5.10 Å². The maximum Gasteiger partial charge on any atom is 0.301 e. The van der Waals surface area contributed by atoms with E-state index in [1.54, 1.807) is 0 Å². The van der Waals surface area contributed by atoms with E-state index >= 15 is 0 Å². The summed E-state index contributed by atoms with van der Waals surface area (Å²) in [5.74, 6) is 0. The number of non-ortho nitro benzene ring substituents is 1. The third-order valence-electron chi connectivity index (χ3n) is 4.79. The largest absolute Gasteiger partial charge is 0.301 e. The highest BCUT2D eigenvalue weighted by atomic mass is 16.6. The monoisotopic (exact) mass is 348 g/mol. The molecule has 0 heterocycles. The molecule has 25 heavy (non-hydrogen) atoms. The molecule has 0 amide bonds. The van der Waals surface area contributed by atoms with Gasteiger partial charge in [0.05, 0.1) is 15.9 Å². The fraction of sp³-hybridized carbons (Fsp3) is 0.588. The maximum absolute atomic E-state index is 11.2. The predicted molar refractivity (Wildman–Crippen MR) is 96.9 cm³/mol. The van der Waals surface area contributed by atoms with E-state index in [-0.39, 0.29) is 22.5 Å². The van der Waals surface area contributed by atoms with Gasteiger partial charge in [0.2, 0.25) is 0 Å². The first-order chi connectivity index (χ1) is 12.0. The lowest BCUT2D eigenvalue weighted by Gasteiger charge is -2.33. The molecule has 0 bridgehead atoms. The van der Waals surface area contributed by atoms with E-state index in [0.717, 1.165) is 38.2 Å². The number of nitrogens with zero attached hydrogens (tertiary/aromatic N) is 3. The van der Waals surface area contributed by atoms with Crippen molar-refractivity contribution in [3.05, 3.63) is 38.4 Å². The molecule has 1 fully saturated rings. The third kappa shape index (κ3) is 4.98. The second kappa shape index (κ2) is 8.55. The van der Waals surface area contributed by atoms with Crippen molar-refractivity contribution in [1.82, 2.24) is 0 Å². The molecule has 0 saturated heterocycles. The molecule has 1 aromatic rings. The van der Waals surface area contributed by atoms with Crippen LogP contribution in [-0.2, 0) is 0 Å². The molecular formula is C17H24N4O4. The number of rotatable bonds is 8. The fourth-order valence-electron chi connectivity index (χ4n) is 3.35. The van der Waals surface area contributed by atoms with Gasteiger partial charge in [-0.1, -0.05) is 39.0 Å². The minimum absolute atomic E-state index is 0.0524. The Hall–Kier alpha value is -2.51. The lowest BCUT2D eigenvalue weighted by atomic mass is 9.72. The number of hydrogen-bond acceptors (Lipinski definition) is 6. The molecule has 0 spiro atoms. The molecule has 8 nitrogen and oxygen atoms in total. The van der Waals surface area contributed by atoms with Crippen LogP contribution in [0.3, 0.4) is 0 Å². The van der Waals surface area contributed by atoms with Gasteiger partial charge in [0.15, 0.2) is 0 Å². The van der Waals surface area contributed by atoms with Gasteiger partial charge in [0, 0.05) is 17.7 Å². The SMILES string of the molecule is CCCCC1(/C=N/Nc2ccc([N+](=O)[O-])cc2[N+](=O)[O-])CCCCC1. The number of unbranched alkanes of at least 4 members (excludes halogenated alkanes) is 1. The molecule has 1 saturated carbocycles. The molecule has 136 valence electrons. The Bertz CT molecular complexity index is 654. The average molecular weight is 348 g/mol. The van der Waals surface area contributed by atoms with Gasteiger partial charge >= 0.3 is 5.69 Å².